The quantitative estimate of drug-likeness (QED) is 0.110. The molecule has 1 aliphatic rings. The molecule has 0 aromatic heterocycles. The number of rotatable bonds is 10. The molecule has 0 aliphatic carbocycles. The largest absolute Gasteiger partial charge is 0.486 e. The van der Waals surface area contributed by atoms with Gasteiger partial charge in [-0.1, -0.05) is 72.8 Å². The van der Waals surface area contributed by atoms with Gasteiger partial charge in [-0.15, -0.1) is 11.8 Å². The Kier molecular flexibility index (Phi) is 9.95. The van der Waals surface area contributed by atoms with E-state index >= 15 is 0 Å². The van der Waals surface area contributed by atoms with Crippen molar-refractivity contribution in [2.24, 2.45) is 0 Å². The van der Waals surface area contributed by atoms with Crippen LogP contribution in [0.5, 0.6) is 11.5 Å². The van der Waals surface area contributed by atoms with Crippen LogP contribution in [-0.2, 0) is 9.59 Å². The van der Waals surface area contributed by atoms with Crippen LogP contribution in [0.15, 0.2) is 138 Å². The van der Waals surface area contributed by atoms with E-state index in [1.807, 2.05) is 72.8 Å². The van der Waals surface area contributed by atoms with E-state index in [1.165, 1.54) is 11.8 Å². The van der Waals surface area contributed by atoms with Crippen molar-refractivity contribution in [3.05, 3.63) is 144 Å². The van der Waals surface area contributed by atoms with Crippen LogP contribution in [0.1, 0.15) is 15.9 Å². The van der Waals surface area contributed by atoms with Crippen LogP contribution in [0.25, 0.3) is 17.2 Å². The topological polar surface area (TPSA) is 106 Å². The fourth-order valence-corrected chi connectivity index (χ4v) is 5.51. The molecule has 3 amide bonds. The van der Waals surface area contributed by atoms with E-state index in [1.54, 1.807) is 60.7 Å². The van der Waals surface area contributed by atoms with Gasteiger partial charge in [0.2, 0.25) is 5.91 Å². The summed E-state index contributed by atoms with van der Waals surface area (Å²) < 4.78 is 11.1. The zero-order valence-corrected chi connectivity index (χ0v) is 26.1. The summed E-state index contributed by atoms with van der Waals surface area (Å²) >= 11 is 1.37. The minimum atomic E-state index is -0.472. The van der Waals surface area contributed by atoms with Crippen molar-refractivity contribution >= 4 is 46.9 Å². The van der Waals surface area contributed by atoms with Crippen molar-refractivity contribution in [1.82, 2.24) is 5.32 Å². The number of carbonyl (C=O) groups is 3. The van der Waals surface area contributed by atoms with Gasteiger partial charge in [-0.3, -0.25) is 14.4 Å². The van der Waals surface area contributed by atoms with Gasteiger partial charge >= 0.3 is 0 Å². The van der Waals surface area contributed by atoms with Crippen LogP contribution in [0.2, 0.25) is 0 Å². The molecular weight excluding hydrogens is 611 g/mol. The number of nitrogens with one attached hydrogen (secondary N) is 3. The molecule has 47 heavy (non-hydrogen) atoms. The molecule has 8 nitrogen and oxygen atoms in total. The van der Waals surface area contributed by atoms with Crippen LogP contribution >= 0.6 is 11.8 Å². The molecule has 5 aromatic carbocycles. The van der Waals surface area contributed by atoms with Gasteiger partial charge in [0.05, 0.1) is 5.75 Å². The van der Waals surface area contributed by atoms with Gasteiger partial charge in [0.1, 0.15) is 18.9 Å². The molecule has 0 saturated heterocycles. The van der Waals surface area contributed by atoms with Crippen LogP contribution in [-0.4, -0.2) is 36.7 Å². The highest BCUT2D eigenvalue weighted by Crippen LogP contribution is 2.32. The number of ether oxygens (including phenoxy) is 2. The zero-order chi connectivity index (χ0) is 32.4. The SMILES string of the molecule is O=C(CSc1ccc(NC(=O)/C(=C/c2ccc(-c3ccccc3)cc2)NC(=O)c2ccccc2)cc1)Nc1ccc2c(c1)OCCO2. The molecule has 0 unspecified atom stereocenters. The molecule has 5 aromatic rings. The molecule has 0 radical (unpaired) electrons. The van der Waals surface area contributed by atoms with Gasteiger partial charge < -0.3 is 25.4 Å². The maximum absolute atomic E-state index is 13.5. The lowest BCUT2D eigenvalue weighted by Gasteiger charge is -2.19. The fraction of sp³-hybridized carbons (Fsp3) is 0.0789. The van der Waals surface area contributed by atoms with Crippen molar-refractivity contribution in [2.75, 3.05) is 29.6 Å². The van der Waals surface area contributed by atoms with Gasteiger partial charge in [-0.25, -0.2) is 0 Å². The van der Waals surface area contributed by atoms with E-state index in [0.717, 1.165) is 21.6 Å². The lowest BCUT2D eigenvalue weighted by molar-refractivity contribution is -0.114. The zero-order valence-electron chi connectivity index (χ0n) is 25.3. The van der Waals surface area contributed by atoms with E-state index in [9.17, 15) is 14.4 Å². The maximum Gasteiger partial charge on any atom is 0.272 e. The maximum atomic E-state index is 13.5. The summed E-state index contributed by atoms with van der Waals surface area (Å²) in [5.41, 5.74) is 4.59. The molecule has 0 atom stereocenters. The minimum absolute atomic E-state index is 0.0978. The Morgan fingerprint density at radius 2 is 1.30 bits per heavy atom. The normalized spacial score (nSPS) is 12.1. The molecule has 9 heteroatoms. The van der Waals surface area contributed by atoms with Gasteiger partial charge in [0.25, 0.3) is 11.8 Å². The first kappa shape index (κ1) is 31.2. The molecule has 1 heterocycles. The van der Waals surface area contributed by atoms with Crippen molar-refractivity contribution in [3.63, 3.8) is 0 Å². The summed E-state index contributed by atoms with van der Waals surface area (Å²) in [4.78, 5) is 39.9. The van der Waals surface area contributed by atoms with E-state index in [-0.39, 0.29) is 17.4 Å². The second kappa shape index (κ2) is 15.0. The third kappa shape index (κ3) is 8.47. The number of thioether (sulfide) groups is 1. The molecular formula is C38H31N3O5S. The van der Waals surface area contributed by atoms with Crippen molar-refractivity contribution in [2.45, 2.75) is 4.90 Å². The number of hydrogen-bond acceptors (Lipinski definition) is 6. The molecule has 0 saturated carbocycles. The third-order valence-electron chi connectivity index (χ3n) is 7.17. The molecule has 3 N–H and O–H groups in total. The lowest BCUT2D eigenvalue weighted by atomic mass is 10.0. The first-order chi connectivity index (χ1) is 23.0. The summed E-state index contributed by atoms with van der Waals surface area (Å²) in [6.45, 7) is 0.976. The number of benzene rings is 5. The van der Waals surface area contributed by atoms with Crippen LogP contribution in [0.3, 0.4) is 0 Å². The predicted molar refractivity (Wildman–Crippen MR) is 186 cm³/mol. The monoisotopic (exact) mass is 641 g/mol. The number of fused-ring (bicyclic) bond motifs is 1. The molecule has 6 rings (SSSR count). The van der Waals surface area contributed by atoms with Gasteiger partial charge in [0.15, 0.2) is 11.5 Å². The Hall–Kier alpha value is -5.80. The average Bonchev–Trinajstić information content (AvgIpc) is 3.12. The standard InChI is InChI=1S/C38H31N3O5S/c42-36(39-31-17-20-34-35(24-31)46-22-21-45-34)25-47-32-18-15-30(16-19-32)40-38(44)33(41-37(43)29-9-5-2-6-10-29)23-26-11-13-28(14-12-26)27-7-3-1-4-8-27/h1-20,23-24H,21-22,25H2,(H,39,42)(H,40,44)(H,41,43)/b33-23-. The Balaban J connectivity index is 1.10. The van der Waals surface area contributed by atoms with Crippen LogP contribution in [0.4, 0.5) is 11.4 Å². The summed E-state index contributed by atoms with van der Waals surface area (Å²) in [7, 11) is 0. The molecule has 234 valence electrons. The second-order valence-corrected chi connectivity index (χ2v) is 11.6. The highest BCUT2D eigenvalue weighted by molar-refractivity contribution is 8.00. The van der Waals surface area contributed by atoms with E-state index in [0.29, 0.717) is 41.7 Å². The van der Waals surface area contributed by atoms with E-state index < -0.39 is 11.8 Å². The number of amides is 3. The average molecular weight is 642 g/mol. The van der Waals surface area contributed by atoms with E-state index in [4.69, 9.17) is 9.47 Å². The first-order valence-corrected chi connectivity index (χ1v) is 16.0. The lowest BCUT2D eigenvalue weighted by Crippen LogP contribution is -2.30. The first-order valence-electron chi connectivity index (χ1n) is 15.0. The van der Waals surface area contributed by atoms with Crippen LogP contribution in [0, 0.1) is 0 Å². The highest BCUT2D eigenvalue weighted by atomic mass is 32.2. The predicted octanol–water partition coefficient (Wildman–Crippen LogP) is 7.27. The number of hydrogen-bond donors (Lipinski definition) is 3. The summed E-state index contributed by atoms with van der Waals surface area (Å²) in [6, 6.07) is 38.9. The minimum Gasteiger partial charge on any atom is -0.486 e. The number of carbonyl (C=O) groups excluding carboxylic acids is 3. The molecule has 0 bridgehead atoms. The van der Waals surface area contributed by atoms with E-state index in [2.05, 4.69) is 16.0 Å². The van der Waals surface area contributed by atoms with Crippen molar-refractivity contribution in [3.8, 4) is 22.6 Å². The summed E-state index contributed by atoms with van der Waals surface area (Å²) in [5.74, 6) is 0.439. The Bertz CT molecular complexity index is 1890. The number of anilines is 2. The smallest absolute Gasteiger partial charge is 0.272 e. The van der Waals surface area contributed by atoms with Crippen LogP contribution < -0.4 is 25.4 Å². The molecule has 1 aliphatic heterocycles. The Morgan fingerprint density at radius 1 is 0.660 bits per heavy atom. The Morgan fingerprint density at radius 3 is 2.02 bits per heavy atom. The Labute approximate surface area is 276 Å². The van der Waals surface area contributed by atoms with Gasteiger partial charge in [0, 0.05) is 27.9 Å². The highest BCUT2D eigenvalue weighted by Gasteiger charge is 2.16. The molecule has 0 fully saturated rings. The van der Waals surface area contributed by atoms with Gasteiger partial charge in [-0.2, -0.15) is 0 Å². The van der Waals surface area contributed by atoms with Crippen molar-refractivity contribution in [1.29, 1.82) is 0 Å². The molecule has 0 spiro atoms. The van der Waals surface area contributed by atoms with Gasteiger partial charge in [-0.05, 0) is 71.3 Å². The second-order valence-electron chi connectivity index (χ2n) is 10.5. The summed E-state index contributed by atoms with van der Waals surface area (Å²) in [5, 5.41) is 8.53. The van der Waals surface area contributed by atoms with Crippen molar-refractivity contribution < 1.29 is 23.9 Å². The fourth-order valence-electron chi connectivity index (χ4n) is 4.81. The summed E-state index contributed by atoms with van der Waals surface area (Å²) in [6.07, 6.45) is 1.65. The third-order valence-corrected chi connectivity index (χ3v) is 8.18.